The Labute approximate surface area is 75.4 Å². The Morgan fingerprint density at radius 1 is 1.31 bits per heavy atom. The Hall–Kier alpha value is -0.290. The third-order valence-corrected chi connectivity index (χ3v) is 2.00. The van der Waals surface area contributed by atoms with Crippen molar-refractivity contribution in [2.75, 3.05) is 19.8 Å². The summed E-state index contributed by atoms with van der Waals surface area (Å²) < 4.78 is 39.5. The second-order valence-electron chi connectivity index (χ2n) is 3.28. The number of hydrogen-bond donors (Lipinski definition) is 1. The number of alkyl halides is 3. The van der Waals surface area contributed by atoms with Crippen molar-refractivity contribution in [3.63, 3.8) is 0 Å². The minimum atomic E-state index is -4.20. The summed E-state index contributed by atoms with van der Waals surface area (Å²) in [4.78, 5) is 0. The summed E-state index contributed by atoms with van der Waals surface area (Å²) in [7, 11) is 0. The van der Waals surface area contributed by atoms with Crippen molar-refractivity contribution in [3.8, 4) is 0 Å². The molecule has 2 nitrogen and oxygen atoms in total. The standard InChI is InChI=1S/C8H14F3NO/c9-8(10,11)6-13-5-7-3-1-2-4-12-7/h7,12H,1-6H2. The fraction of sp³-hybridized carbons (Fsp3) is 1.00. The predicted octanol–water partition coefficient (Wildman–Crippen LogP) is 1.71. The summed E-state index contributed by atoms with van der Waals surface area (Å²) in [5.74, 6) is 0. The van der Waals surface area contributed by atoms with E-state index in [0.29, 0.717) is 0 Å². The van der Waals surface area contributed by atoms with Crippen LogP contribution in [-0.2, 0) is 4.74 Å². The molecule has 1 aliphatic heterocycles. The van der Waals surface area contributed by atoms with Crippen LogP contribution < -0.4 is 5.32 Å². The number of ether oxygens (including phenoxy) is 1. The monoisotopic (exact) mass is 197 g/mol. The molecule has 0 bridgehead atoms. The zero-order valence-corrected chi connectivity index (χ0v) is 7.36. The lowest BCUT2D eigenvalue weighted by Gasteiger charge is -2.23. The molecule has 0 aliphatic carbocycles. The van der Waals surface area contributed by atoms with Crippen LogP contribution in [0.2, 0.25) is 0 Å². The maximum atomic E-state index is 11.7. The van der Waals surface area contributed by atoms with E-state index in [1.807, 2.05) is 0 Å². The van der Waals surface area contributed by atoms with Crippen LogP contribution >= 0.6 is 0 Å². The zero-order chi connectivity index (χ0) is 9.73. The van der Waals surface area contributed by atoms with E-state index in [4.69, 9.17) is 0 Å². The lowest BCUT2D eigenvalue weighted by molar-refractivity contribution is -0.175. The maximum absolute atomic E-state index is 11.7. The van der Waals surface area contributed by atoms with Gasteiger partial charge < -0.3 is 10.1 Å². The quantitative estimate of drug-likeness (QED) is 0.743. The molecule has 0 radical (unpaired) electrons. The van der Waals surface area contributed by atoms with Crippen LogP contribution in [0, 0.1) is 0 Å². The number of rotatable bonds is 3. The molecule has 1 heterocycles. The van der Waals surface area contributed by atoms with E-state index >= 15 is 0 Å². The van der Waals surface area contributed by atoms with E-state index in [1.165, 1.54) is 0 Å². The number of nitrogens with one attached hydrogen (secondary N) is 1. The third-order valence-electron chi connectivity index (χ3n) is 2.00. The lowest BCUT2D eigenvalue weighted by Crippen LogP contribution is -2.38. The van der Waals surface area contributed by atoms with Crippen molar-refractivity contribution in [1.82, 2.24) is 5.32 Å². The van der Waals surface area contributed by atoms with Crippen molar-refractivity contribution < 1.29 is 17.9 Å². The molecule has 0 amide bonds. The first-order valence-electron chi connectivity index (χ1n) is 4.46. The van der Waals surface area contributed by atoms with Gasteiger partial charge in [-0.2, -0.15) is 13.2 Å². The molecular formula is C8H14F3NO. The fourth-order valence-electron chi connectivity index (χ4n) is 1.38. The SMILES string of the molecule is FC(F)(F)COCC1CCCCN1. The Morgan fingerprint density at radius 2 is 2.08 bits per heavy atom. The van der Waals surface area contributed by atoms with E-state index in [9.17, 15) is 13.2 Å². The number of hydrogen-bond acceptors (Lipinski definition) is 2. The Balaban J connectivity index is 2.04. The van der Waals surface area contributed by atoms with Gasteiger partial charge in [-0.3, -0.25) is 0 Å². The van der Waals surface area contributed by atoms with Crippen LogP contribution in [0.25, 0.3) is 0 Å². The molecule has 1 atom stereocenters. The smallest absolute Gasteiger partial charge is 0.370 e. The molecule has 0 aromatic rings. The lowest BCUT2D eigenvalue weighted by atomic mass is 10.1. The highest BCUT2D eigenvalue weighted by Crippen LogP contribution is 2.15. The van der Waals surface area contributed by atoms with Crippen molar-refractivity contribution in [1.29, 1.82) is 0 Å². The van der Waals surface area contributed by atoms with Gasteiger partial charge >= 0.3 is 6.18 Å². The van der Waals surface area contributed by atoms with Gasteiger partial charge in [0, 0.05) is 6.04 Å². The van der Waals surface area contributed by atoms with Crippen molar-refractivity contribution >= 4 is 0 Å². The molecule has 13 heavy (non-hydrogen) atoms. The molecule has 78 valence electrons. The molecule has 0 saturated carbocycles. The molecule has 0 aromatic carbocycles. The Bertz CT molecular complexity index is 143. The van der Waals surface area contributed by atoms with Crippen LogP contribution in [0.1, 0.15) is 19.3 Å². The minimum Gasteiger partial charge on any atom is -0.370 e. The Kier molecular flexibility index (Phi) is 3.99. The molecule has 1 fully saturated rings. The normalized spacial score (nSPS) is 24.7. The van der Waals surface area contributed by atoms with Crippen molar-refractivity contribution in [3.05, 3.63) is 0 Å². The molecule has 0 aromatic heterocycles. The van der Waals surface area contributed by atoms with Crippen LogP contribution in [0.5, 0.6) is 0 Å². The number of halogens is 3. The summed E-state index contributed by atoms with van der Waals surface area (Å²) in [6.45, 7) is -0.0786. The molecule has 1 N–H and O–H groups in total. The Morgan fingerprint density at radius 3 is 2.62 bits per heavy atom. The van der Waals surface area contributed by atoms with Crippen LogP contribution in [0.15, 0.2) is 0 Å². The van der Waals surface area contributed by atoms with E-state index in [-0.39, 0.29) is 12.6 Å². The van der Waals surface area contributed by atoms with Gasteiger partial charge in [0.25, 0.3) is 0 Å². The highest BCUT2D eigenvalue weighted by Gasteiger charge is 2.28. The molecule has 5 heteroatoms. The first-order valence-corrected chi connectivity index (χ1v) is 4.46. The summed E-state index contributed by atoms with van der Waals surface area (Å²) in [5.41, 5.74) is 0. The second-order valence-corrected chi connectivity index (χ2v) is 3.28. The van der Waals surface area contributed by atoms with Gasteiger partial charge in [0.1, 0.15) is 6.61 Å². The van der Waals surface area contributed by atoms with E-state index in [2.05, 4.69) is 10.1 Å². The van der Waals surface area contributed by atoms with Crippen molar-refractivity contribution in [2.45, 2.75) is 31.5 Å². The largest absolute Gasteiger partial charge is 0.411 e. The third kappa shape index (κ3) is 5.10. The van der Waals surface area contributed by atoms with Crippen LogP contribution in [0.3, 0.4) is 0 Å². The molecule has 1 unspecified atom stereocenters. The van der Waals surface area contributed by atoms with Crippen LogP contribution in [0.4, 0.5) is 13.2 Å². The number of piperidine rings is 1. The topological polar surface area (TPSA) is 21.3 Å². The average molecular weight is 197 g/mol. The summed E-state index contributed by atoms with van der Waals surface area (Å²) in [5, 5.41) is 3.11. The molecule has 1 aliphatic rings. The highest BCUT2D eigenvalue weighted by molar-refractivity contribution is 4.71. The van der Waals surface area contributed by atoms with Crippen LogP contribution in [-0.4, -0.2) is 32.0 Å². The summed E-state index contributed by atoms with van der Waals surface area (Å²) in [6.07, 6.45) is -1.10. The predicted molar refractivity (Wildman–Crippen MR) is 42.5 cm³/mol. The summed E-state index contributed by atoms with van der Waals surface area (Å²) >= 11 is 0. The highest BCUT2D eigenvalue weighted by atomic mass is 19.4. The molecule has 1 saturated heterocycles. The summed E-state index contributed by atoms with van der Waals surface area (Å²) in [6, 6.07) is 0.107. The maximum Gasteiger partial charge on any atom is 0.411 e. The second kappa shape index (κ2) is 4.81. The molecule has 0 spiro atoms. The average Bonchev–Trinajstić information content (AvgIpc) is 2.04. The van der Waals surface area contributed by atoms with Crippen molar-refractivity contribution in [2.24, 2.45) is 0 Å². The zero-order valence-electron chi connectivity index (χ0n) is 7.36. The van der Waals surface area contributed by atoms with Gasteiger partial charge in [-0.15, -0.1) is 0 Å². The minimum absolute atomic E-state index is 0.107. The van der Waals surface area contributed by atoms with Gasteiger partial charge in [0.15, 0.2) is 0 Å². The van der Waals surface area contributed by atoms with Gasteiger partial charge in [0.05, 0.1) is 6.61 Å². The van der Waals surface area contributed by atoms with Gasteiger partial charge in [-0.05, 0) is 19.4 Å². The first-order chi connectivity index (χ1) is 6.08. The molecular weight excluding hydrogens is 183 g/mol. The van der Waals surface area contributed by atoms with Gasteiger partial charge in [0.2, 0.25) is 0 Å². The van der Waals surface area contributed by atoms with Gasteiger partial charge in [-0.25, -0.2) is 0 Å². The fourth-order valence-corrected chi connectivity index (χ4v) is 1.38. The van der Waals surface area contributed by atoms with E-state index in [0.717, 1.165) is 25.8 Å². The van der Waals surface area contributed by atoms with Gasteiger partial charge in [-0.1, -0.05) is 6.42 Å². The van der Waals surface area contributed by atoms with E-state index in [1.54, 1.807) is 0 Å². The first kappa shape index (κ1) is 10.8. The van der Waals surface area contributed by atoms with E-state index < -0.39 is 12.8 Å². The molecule has 1 rings (SSSR count).